The molecule has 0 radical (unpaired) electrons. The molecule has 0 aliphatic heterocycles. The van der Waals surface area contributed by atoms with E-state index in [1.165, 1.54) is 6.92 Å². The molecule has 20 heavy (non-hydrogen) atoms. The zero-order valence-electron chi connectivity index (χ0n) is 11.1. The van der Waals surface area contributed by atoms with Gasteiger partial charge < -0.3 is 4.74 Å². The Morgan fingerprint density at radius 1 is 1.40 bits per heavy atom. The third-order valence-electron chi connectivity index (χ3n) is 2.56. The van der Waals surface area contributed by atoms with Crippen LogP contribution in [-0.4, -0.2) is 35.1 Å². The van der Waals surface area contributed by atoms with Crippen molar-refractivity contribution in [2.24, 2.45) is 0 Å². The van der Waals surface area contributed by atoms with Crippen molar-refractivity contribution in [3.05, 3.63) is 29.3 Å². The minimum atomic E-state index is -3.98. The summed E-state index contributed by atoms with van der Waals surface area (Å²) in [5.74, 6) is -3.65. The number of esters is 1. The van der Waals surface area contributed by atoms with Crippen LogP contribution >= 0.6 is 0 Å². The van der Waals surface area contributed by atoms with Crippen molar-refractivity contribution >= 4 is 21.9 Å². The number of nitrogens with zero attached hydrogens (tertiary/aromatic N) is 1. The van der Waals surface area contributed by atoms with Crippen molar-refractivity contribution in [3.8, 4) is 0 Å². The zero-order valence-corrected chi connectivity index (χ0v) is 11.9. The lowest BCUT2D eigenvalue weighted by Crippen LogP contribution is -2.39. The van der Waals surface area contributed by atoms with Crippen LogP contribution in [0.15, 0.2) is 12.1 Å². The van der Waals surface area contributed by atoms with E-state index in [2.05, 4.69) is 4.74 Å². The molecule has 0 aliphatic carbocycles. The van der Waals surface area contributed by atoms with Gasteiger partial charge in [0.2, 0.25) is 0 Å². The van der Waals surface area contributed by atoms with Crippen molar-refractivity contribution in [1.29, 1.82) is 0 Å². The molecule has 112 valence electrons. The Hall–Kier alpha value is -1.74. The van der Waals surface area contributed by atoms with Crippen molar-refractivity contribution < 1.29 is 26.7 Å². The van der Waals surface area contributed by atoms with Crippen LogP contribution < -0.4 is 9.03 Å². The first kappa shape index (κ1) is 16.3. The first-order valence-electron chi connectivity index (χ1n) is 5.57. The summed E-state index contributed by atoms with van der Waals surface area (Å²) in [6.45, 7) is 1.36. The van der Waals surface area contributed by atoms with Gasteiger partial charge in [-0.25, -0.2) is 18.3 Å². The summed E-state index contributed by atoms with van der Waals surface area (Å²) in [7, 11) is -1.86. The third-order valence-corrected chi connectivity index (χ3v) is 4.12. The van der Waals surface area contributed by atoms with Gasteiger partial charge >= 0.3 is 16.2 Å². The van der Waals surface area contributed by atoms with Crippen LogP contribution in [0.2, 0.25) is 0 Å². The monoisotopic (exact) mass is 308 g/mol. The van der Waals surface area contributed by atoms with E-state index in [0.717, 1.165) is 26.3 Å². The SMILES string of the molecule is CCN(c1ccc(F)c(C(=O)OC)c1F)S(=O)(=O)NC. The number of nitrogens with one attached hydrogen (secondary N) is 1. The first-order valence-corrected chi connectivity index (χ1v) is 7.01. The predicted octanol–water partition coefficient (Wildman–Crippen LogP) is 1.04. The molecular weight excluding hydrogens is 294 g/mol. The minimum Gasteiger partial charge on any atom is -0.465 e. The fraction of sp³-hybridized carbons (Fsp3) is 0.364. The maximum Gasteiger partial charge on any atom is 0.343 e. The number of hydrogen-bond acceptors (Lipinski definition) is 4. The van der Waals surface area contributed by atoms with Gasteiger partial charge in [-0.3, -0.25) is 4.31 Å². The molecular formula is C11H14F2N2O4S. The second-order valence-corrected chi connectivity index (χ2v) is 5.42. The van der Waals surface area contributed by atoms with Crippen molar-refractivity contribution in [2.75, 3.05) is 25.0 Å². The molecule has 0 aromatic heterocycles. The molecule has 1 aromatic carbocycles. The summed E-state index contributed by atoms with van der Waals surface area (Å²) in [6.07, 6.45) is 0. The van der Waals surface area contributed by atoms with Gasteiger partial charge in [0.15, 0.2) is 5.82 Å². The van der Waals surface area contributed by atoms with Gasteiger partial charge in [-0.05, 0) is 19.1 Å². The highest BCUT2D eigenvalue weighted by Gasteiger charge is 2.27. The molecule has 9 heteroatoms. The van der Waals surface area contributed by atoms with Crippen LogP contribution in [0.5, 0.6) is 0 Å². The molecule has 1 aromatic rings. The summed E-state index contributed by atoms with van der Waals surface area (Å²) in [6, 6.07) is 1.74. The lowest BCUT2D eigenvalue weighted by Gasteiger charge is -2.23. The van der Waals surface area contributed by atoms with Crippen LogP contribution in [0.4, 0.5) is 14.5 Å². The van der Waals surface area contributed by atoms with E-state index < -0.39 is 39.1 Å². The molecule has 1 N–H and O–H groups in total. The molecule has 0 saturated carbocycles. The number of methoxy groups -OCH3 is 1. The number of carbonyl (C=O) groups excluding carboxylic acids is 1. The van der Waals surface area contributed by atoms with Crippen LogP contribution in [0.3, 0.4) is 0 Å². The Balaban J connectivity index is 3.51. The van der Waals surface area contributed by atoms with Gasteiger partial charge in [-0.2, -0.15) is 8.42 Å². The van der Waals surface area contributed by atoms with E-state index in [9.17, 15) is 22.0 Å². The Morgan fingerprint density at radius 3 is 2.45 bits per heavy atom. The number of hydrogen-bond donors (Lipinski definition) is 1. The molecule has 0 saturated heterocycles. The zero-order chi connectivity index (χ0) is 15.5. The number of carbonyl (C=O) groups is 1. The van der Waals surface area contributed by atoms with Crippen LogP contribution in [0.1, 0.15) is 17.3 Å². The molecule has 0 heterocycles. The highest BCUT2D eigenvalue weighted by molar-refractivity contribution is 7.90. The van der Waals surface area contributed by atoms with Crippen LogP contribution in [-0.2, 0) is 14.9 Å². The summed E-state index contributed by atoms with van der Waals surface area (Å²) >= 11 is 0. The fourth-order valence-electron chi connectivity index (χ4n) is 1.60. The van der Waals surface area contributed by atoms with E-state index in [0.29, 0.717) is 4.31 Å². The number of benzene rings is 1. The van der Waals surface area contributed by atoms with Crippen molar-refractivity contribution in [3.63, 3.8) is 0 Å². The number of ether oxygens (including phenoxy) is 1. The Morgan fingerprint density at radius 2 is 2.00 bits per heavy atom. The maximum atomic E-state index is 14.2. The minimum absolute atomic E-state index is 0.105. The average Bonchev–Trinajstić information content (AvgIpc) is 2.41. The summed E-state index contributed by atoms with van der Waals surface area (Å²) in [4.78, 5) is 11.4. The van der Waals surface area contributed by atoms with Crippen molar-refractivity contribution in [2.45, 2.75) is 6.92 Å². The molecule has 6 nitrogen and oxygen atoms in total. The molecule has 0 aliphatic rings. The average molecular weight is 308 g/mol. The fourth-order valence-corrected chi connectivity index (χ4v) is 2.56. The molecule has 0 spiro atoms. The topological polar surface area (TPSA) is 75.7 Å². The van der Waals surface area contributed by atoms with Gasteiger partial charge in [-0.1, -0.05) is 0 Å². The van der Waals surface area contributed by atoms with E-state index in [1.54, 1.807) is 0 Å². The van der Waals surface area contributed by atoms with Gasteiger partial charge in [0.25, 0.3) is 0 Å². The number of halogens is 2. The van der Waals surface area contributed by atoms with Gasteiger partial charge in [0.1, 0.15) is 11.4 Å². The molecule has 0 fully saturated rings. The quantitative estimate of drug-likeness (QED) is 0.825. The second-order valence-electron chi connectivity index (χ2n) is 3.62. The highest BCUT2D eigenvalue weighted by atomic mass is 32.2. The number of anilines is 1. The van der Waals surface area contributed by atoms with E-state index in [4.69, 9.17) is 0 Å². The van der Waals surface area contributed by atoms with E-state index in [1.807, 2.05) is 4.72 Å². The molecule has 0 atom stereocenters. The van der Waals surface area contributed by atoms with Gasteiger partial charge in [0, 0.05) is 13.6 Å². The molecule has 1 rings (SSSR count). The Labute approximate surface area is 115 Å². The molecule has 0 unspecified atom stereocenters. The predicted molar refractivity (Wildman–Crippen MR) is 68.7 cm³/mol. The smallest absolute Gasteiger partial charge is 0.343 e. The second kappa shape index (κ2) is 6.14. The normalized spacial score (nSPS) is 11.2. The lowest BCUT2D eigenvalue weighted by atomic mass is 10.1. The first-order chi connectivity index (χ1) is 9.30. The molecule has 0 bridgehead atoms. The lowest BCUT2D eigenvalue weighted by molar-refractivity contribution is 0.0590. The summed E-state index contributed by atoms with van der Waals surface area (Å²) in [5.41, 5.74) is -1.38. The summed E-state index contributed by atoms with van der Waals surface area (Å²) < 4.78 is 58.2. The van der Waals surface area contributed by atoms with E-state index in [-0.39, 0.29) is 6.54 Å². The standard InChI is InChI=1S/C11H14F2N2O4S/c1-4-15(20(17,18)14-2)8-6-5-7(12)9(10(8)13)11(16)19-3/h5-6,14H,4H2,1-3H3. The van der Waals surface area contributed by atoms with Crippen LogP contribution in [0.25, 0.3) is 0 Å². The summed E-state index contributed by atoms with van der Waals surface area (Å²) in [5, 5.41) is 0. The number of rotatable bonds is 5. The third kappa shape index (κ3) is 2.88. The van der Waals surface area contributed by atoms with Gasteiger partial charge in [-0.15, -0.1) is 0 Å². The van der Waals surface area contributed by atoms with E-state index >= 15 is 0 Å². The van der Waals surface area contributed by atoms with Crippen LogP contribution in [0, 0.1) is 11.6 Å². The maximum absolute atomic E-state index is 14.2. The Bertz CT molecular complexity index is 619. The van der Waals surface area contributed by atoms with Gasteiger partial charge in [0.05, 0.1) is 12.8 Å². The molecule has 0 amide bonds. The Kier molecular flexibility index (Phi) is 5.01. The highest BCUT2D eigenvalue weighted by Crippen LogP contribution is 2.26. The van der Waals surface area contributed by atoms with Crippen molar-refractivity contribution in [1.82, 2.24) is 4.72 Å². The largest absolute Gasteiger partial charge is 0.465 e.